The number of halogens is 4. The fourth-order valence-corrected chi connectivity index (χ4v) is 3.52. The summed E-state index contributed by atoms with van der Waals surface area (Å²) in [5.41, 5.74) is -0.443. The van der Waals surface area contributed by atoms with Gasteiger partial charge in [0.25, 0.3) is 0 Å². The van der Waals surface area contributed by atoms with Gasteiger partial charge < -0.3 is 9.47 Å². The molecule has 3 aromatic rings. The number of aromatic nitrogens is 3. The van der Waals surface area contributed by atoms with Gasteiger partial charge in [-0.25, -0.2) is 0 Å². The molecular formula is C16H9ClF3N3O3S. The van der Waals surface area contributed by atoms with Crippen LogP contribution in [0.5, 0.6) is 11.5 Å². The summed E-state index contributed by atoms with van der Waals surface area (Å²) in [6, 6.07) is 5.57. The quantitative estimate of drug-likeness (QED) is 0.472. The van der Waals surface area contributed by atoms with Gasteiger partial charge in [-0.3, -0.25) is 9.20 Å². The number of Topliss-reactive ketones (excluding diaryl/α,β-unsaturated/α-hetero) is 1. The summed E-state index contributed by atoms with van der Waals surface area (Å²) in [4.78, 5) is 12.4. The van der Waals surface area contributed by atoms with Crippen molar-refractivity contribution < 1.29 is 27.4 Å². The number of ether oxygens (including phenoxy) is 2. The van der Waals surface area contributed by atoms with Crippen LogP contribution in [0.25, 0.3) is 5.65 Å². The van der Waals surface area contributed by atoms with Crippen LogP contribution >= 0.6 is 23.4 Å². The number of hydrogen-bond acceptors (Lipinski definition) is 6. The molecule has 0 fully saturated rings. The van der Waals surface area contributed by atoms with Crippen LogP contribution in [-0.4, -0.2) is 32.9 Å². The van der Waals surface area contributed by atoms with Crippen LogP contribution in [0.15, 0.2) is 35.6 Å². The second-order valence-corrected chi connectivity index (χ2v) is 6.88. The maximum Gasteiger partial charge on any atom is 0.417 e. The molecule has 4 rings (SSSR count). The molecule has 0 amide bonds. The molecule has 1 aromatic carbocycles. The van der Waals surface area contributed by atoms with Gasteiger partial charge in [0.1, 0.15) is 0 Å². The lowest BCUT2D eigenvalue weighted by Crippen LogP contribution is -2.07. The topological polar surface area (TPSA) is 65.7 Å². The highest BCUT2D eigenvalue weighted by molar-refractivity contribution is 7.99. The lowest BCUT2D eigenvalue weighted by molar-refractivity contribution is -0.137. The van der Waals surface area contributed by atoms with Gasteiger partial charge in [-0.05, 0) is 24.3 Å². The van der Waals surface area contributed by atoms with Gasteiger partial charge in [-0.1, -0.05) is 23.4 Å². The zero-order chi connectivity index (χ0) is 19.2. The Morgan fingerprint density at radius 1 is 1.22 bits per heavy atom. The summed E-state index contributed by atoms with van der Waals surface area (Å²) in [7, 11) is 0. The SMILES string of the molecule is O=C(CSc1nnc2c(Cl)cc(C(F)(F)F)cn12)c1ccc2c(c1)OCO2. The molecule has 1 aliphatic heterocycles. The first-order chi connectivity index (χ1) is 12.8. The smallest absolute Gasteiger partial charge is 0.417 e. The number of ketones is 1. The van der Waals surface area contributed by atoms with Crippen molar-refractivity contribution in [3.63, 3.8) is 0 Å². The first kappa shape index (κ1) is 17.9. The van der Waals surface area contributed by atoms with Gasteiger partial charge in [0.2, 0.25) is 6.79 Å². The Hall–Kier alpha value is -2.46. The van der Waals surface area contributed by atoms with E-state index in [0.29, 0.717) is 17.1 Å². The highest BCUT2D eigenvalue weighted by Gasteiger charge is 2.32. The number of pyridine rings is 1. The van der Waals surface area contributed by atoms with Crippen LogP contribution in [0.4, 0.5) is 13.2 Å². The third-order valence-electron chi connectivity index (χ3n) is 3.78. The standard InChI is InChI=1S/C16H9ClF3N3O3S/c17-10-4-9(16(18,19)20)5-23-14(10)21-22-15(23)27-6-11(24)8-1-2-12-13(3-8)26-7-25-12/h1-5H,6-7H2. The molecule has 3 heterocycles. The molecule has 0 spiro atoms. The number of benzene rings is 1. The zero-order valence-corrected chi connectivity index (χ0v) is 14.9. The summed E-state index contributed by atoms with van der Waals surface area (Å²) in [6.45, 7) is 0.0930. The number of nitrogens with zero attached hydrogens (tertiary/aromatic N) is 3. The summed E-state index contributed by atoms with van der Waals surface area (Å²) >= 11 is 6.83. The van der Waals surface area contributed by atoms with E-state index < -0.39 is 11.7 Å². The molecule has 0 saturated heterocycles. The fourth-order valence-electron chi connectivity index (χ4n) is 2.47. The number of carbonyl (C=O) groups is 1. The van der Waals surface area contributed by atoms with E-state index in [1.807, 2.05) is 0 Å². The monoisotopic (exact) mass is 415 g/mol. The van der Waals surface area contributed by atoms with Crippen molar-refractivity contribution >= 4 is 34.8 Å². The van der Waals surface area contributed by atoms with Crippen LogP contribution < -0.4 is 9.47 Å². The average molecular weight is 416 g/mol. The average Bonchev–Trinajstić information content (AvgIpc) is 3.25. The van der Waals surface area contributed by atoms with Crippen LogP contribution in [0.2, 0.25) is 5.02 Å². The molecule has 6 nitrogen and oxygen atoms in total. The Kier molecular flexibility index (Phi) is 4.39. The summed E-state index contributed by atoms with van der Waals surface area (Å²) < 4.78 is 50.5. The number of hydrogen-bond donors (Lipinski definition) is 0. The normalized spacial score (nSPS) is 13.3. The van der Waals surface area contributed by atoms with Crippen molar-refractivity contribution in [3.8, 4) is 11.5 Å². The van der Waals surface area contributed by atoms with E-state index in [1.54, 1.807) is 18.2 Å². The molecule has 11 heteroatoms. The molecule has 0 saturated carbocycles. The molecule has 0 aliphatic carbocycles. The Balaban J connectivity index is 1.57. The lowest BCUT2D eigenvalue weighted by Gasteiger charge is -2.08. The van der Waals surface area contributed by atoms with Gasteiger partial charge in [-0.2, -0.15) is 13.2 Å². The van der Waals surface area contributed by atoms with E-state index in [9.17, 15) is 18.0 Å². The molecule has 0 radical (unpaired) electrons. The minimum Gasteiger partial charge on any atom is -0.454 e. The third kappa shape index (κ3) is 3.42. The molecule has 27 heavy (non-hydrogen) atoms. The first-order valence-corrected chi connectivity index (χ1v) is 8.86. The van der Waals surface area contributed by atoms with Crippen molar-refractivity contribution in [2.24, 2.45) is 0 Å². The van der Waals surface area contributed by atoms with E-state index in [0.717, 1.165) is 28.4 Å². The van der Waals surface area contributed by atoms with E-state index >= 15 is 0 Å². The fraction of sp³-hybridized carbons (Fsp3) is 0.188. The summed E-state index contributed by atoms with van der Waals surface area (Å²) in [5, 5.41) is 7.57. The zero-order valence-electron chi connectivity index (χ0n) is 13.3. The number of fused-ring (bicyclic) bond motifs is 2. The van der Waals surface area contributed by atoms with Crippen molar-refractivity contribution in [2.75, 3.05) is 12.5 Å². The molecule has 0 unspecified atom stereocenters. The van der Waals surface area contributed by atoms with E-state index in [4.69, 9.17) is 21.1 Å². The highest BCUT2D eigenvalue weighted by Crippen LogP contribution is 2.34. The molecule has 2 aromatic heterocycles. The first-order valence-electron chi connectivity index (χ1n) is 7.50. The second kappa shape index (κ2) is 6.61. The maximum absolute atomic E-state index is 13.0. The number of alkyl halides is 3. The van der Waals surface area contributed by atoms with Crippen molar-refractivity contribution in [3.05, 3.63) is 46.6 Å². The van der Waals surface area contributed by atoms with Crippen molar-refractivity contribution in [2.45, 2.75) is 11.3 Å². The maximum atomic E-state index is 13.0. The minimum atomic E-state index is -4.56. The van der Waals surface area contributed by atoms with Gasteiger partial charge in [-0.15, -0.1) is 10.2 Å². The van der Waals surface area contributed by atoms with Gasteiger partial charge in [0, 0.05) is 11.8 Å². The molecule has 1 aliphatic rings. The van der Waals surface area contributed by atoms with Crippen LogP contribution in [0, 0.1) is 0 Å². The van der Waals surface area contributed by atoms with Crippen molar-refractivity contribution in [1.82, 2.24) is 14.6 Å². The van der Waals surface area contributed by atoms with Crippen LogP contribution in [0.1, 0.15) is 15.9 Å². The lowest BCUT2D eigenvalue weighted by atomic mass is 10.1. The van der Waals surface area contributed by atoms with E-state index in [1.165, 1.54) is 0 Å². The molecule has 0 atom stereocenters. The summed E-state index contributed by atoms with van der Waals surface area (Å²) in [6.07, 6.45) is -3.71. The van der Waals surface area contributed by atoms with Crippen LogP contribution in [-0.2, 0) is 6.18 Å². The Morgan fingerprint density at radius 2 is 2.00 bits per heavy atom. The molecule has 140 valence electrons. The van der Waals surface area contributed by atoms with E-state index in [-0.39, 0.29) is 34.2 Å². The Bertz CT molecular complexity index is 1050. The molecular weight excluding hydrogens is 407 g/mol. The predicted molar refractivity (Wildman–Crippen MR) is 90.6 cm³/mol. The Labute approximate surface area is 159 Å². The summed E-state index contributed by atoms with van der Waals surface area (Å²) in [5.74, 6) is 0.736. The predicted octanol–water partition coefficient (Wildman–Crippen LogP) is 4.11. The van der Waals surface area contributed by atoms with Gasteiger partial charge in [0.05, 0.1) is 16.3 Å². The van der Waals surface area contributed by atoms with Crippen LogP contribution in [0.3, 0.4) is 0 Å². The van der Waals surface area contributed by atoms with Gasteiger partial charge in [0.15, 0.2) is 28.1 Å². The second-order valence-electron chi connectivity index (χ2n) is 5.53. The van der Waals surface area contributed by atoms with E-state index in [2.05, 4.69) is 10.2 Å². The number of rotatable bonds is 4. The van der Waals surface area contributed by atoms with Gasteiger partial charge >= 0.3 is 6.18 Å². The Morgan fingerprint density at radius 3 is 2.78 bits per heavy atom. The third-order valence-corrected chi connectivity index (χ3v) is 5.00. The molecule has 0 bridgehead atoms. The highest BCUT2D eigenvalue weighted by atomic mass is 35.5. The minimum absolute atomic E-state index is 0.0473. The molecule has 0 N–H and O–H groups in total. The van der Waals surface area contributed by atoms with Crippen molar-refractivity contribution in [1.29, 1.82) is 0 Å². The largest absolute Gasteiger partial charge is 0.454 e. The number of carbonyl (C=O) groups excluding carboxylic acids is 1. The number of thioether (sulfide) groups is 1.